The molecule has 0 aliphatic carbocycles. The fraction of sp³-hybridized carbons (Fsp3) is 0.800. The summed E-state index contributed by atoms with van der Waals surface area (Å²) in [5.74, 6) is 0.383. The van der Waals surface area contributed by atoms with Crippen molar-refractivity contribution in [3.8, 4) is 0 Å². The first-order valence-electron chi connectivity index (χ1n) is 19.2. The molecule has 0 saturated carbocycles. The van der Waals surface area contributed by atoms with E-state index in [1.54, 1.807) is 0 Å². The number of aliphatic hydroxyl groups excluding tert-OH is 1. The van der Waals surface area contributed by atoms with E-state index in [1.807, 2.05) is 37.3 Å². The highest BCUT2D eigenvalue weighted by atomic mass is 16.5. The Labute approximate surface area is 283 Å². The zero-order valence-corrected chi connectivity index (χ0v) is 30.1. The Bertz CT molecular complexity index is 830. The minimum absolute atomic E-state index is 0.0206. The van der Waals surface area contributed by atoms with E-state index in [0.29, 0.717) is 38.0 Å². The van der Waals surface area contributed by atoms with Crippen LogP contribution in [0.2, 0.25) is 0 Å². The number of hydrogen-bond acceptors (Lipinski definition) is 6. The average Bonchev–Trinajstić information content (AvgIpc) is 3.06. The number of hydrogen-bond donors (Lipinski definition) is 2. The van der Waals surface area contributed by atoms with Crippen LogP contribution < -0.4 is 5.32 Å². The standard InChI is InChI=1S/C40H71NO5/c1-4-6-25-36(5-2)33-45-39(43)30-21-14-10-9-13-20-29-38(28-19-12-8-7-11-16-24-35(3)42)41-32-23-22-31-40(44)46-34-37-26-17-15-18-27-37/h15,17-18,26-27,35-36,38,41-42H,4-14,16,19-25,28-34H2,1-3H3. The Kier molecular flexibility index (Phi) is 27.8. The molecule has 1 aromatic carbocycles. The van der Waals surface area contributed by atoms with Gasteiger partial charge in [0, 0.05) is 18.9 Å². The van der Waals surface area contributed by atoms with Gasteiger partial charge in [-0.3, -0.25) is 9.59 Å². The summed E-state index contributed by atoms with van der Waals surface area (Å²) in [4.78, 5) is 24.3. The van der Waals surface area contributed by atoms with E-state index in [0.717, 1.165) is 63.5 Å². The van der Waals surface area contributed by atoms with Gasteiger partial charge in [-0.05, 0) is 69.9 Å². The van der Waals surface area contributed by atoms with Crippen molar-refractivity contribution in [2.75, 3.05) is 13.2 Å². The van der Waals surface area contributed by atoms with Gasteiger partial charge in [-0.25, -0.2) is 0 Å². The highest BCUT2D eigenvalue weighted by Gasteiger charge is 2.11. The van der Waals surface area contributed by atoms with Crippen LogP contribution in [0, 0.1) is 5.92 Å². The molecule has 0 bridgehead atoms. The van der Waals surface area contributed by atoms with E-state index < -0.39 is 0 Å². The highest BCUT2D eigenvalue weighted by molar-refractivity contribution is 5.69. The van der Waals surface area contributed by atoms with Gasteiger partial charge in [0.25, 0.3) is 0 Å². The first kappa shape index (κ1) is 42.1. The number of nitrogens with one attached hydrogen (secondary N) is 1. The number of unbranched alkanes of at least 4 members (excludes halogenated alkanes) is 12. The summed E-state index contributed by atoms with van der Waals surface area (Å²) < 4.78 is 11.0. The lowest BCUT2D eigenvalue weighted by Gasteiger charge is -2.19. The Balaban J connectivity index is 2.21. The van der Waals surface area contributed by atoms with E-state index in [9.17, 15) is 14.7 Å². The van der Waals surface area contributed by atoms with Crippen LogP contribution in [0.1, 0.15) is 174 Å². The van der Waals surface area contributed by atoms with E-state index >= 15 is 0 Å². The zero-order chi connectivity index (χ0) is 33.5. The van der Waals surface area contributed by atoms with Crippen molar-refractivity contribution in [2.45, 2.75) is 187 Å². The number of aliphatic hydroxyl groups is 1. The molecule has 0 spiro atoms. The normalized spacial score (nSPS) is 13.3. The van der Waals surface area contributed by atoms with Gasteiger partial charge in [-0.2, -0.15) is 0 Å². The molecule has 1 rings (SSSR count). The van der Waals surface area contributed by atoms with Gasteiger partial charge in [0.15, 0.2) is 0 Å². The fourth-order valence-electron chi connectivity index (χ4n) is 5.95. The van der Waals surface area contributed by atoms with Crippen LogP contribution in [-0.4, -0.2) is 42.3 Å². The van der Waals surface area contributed by atoms with Gasteiger partial charge in [0.1, 0.15) is 6.61 Å². The summed E-state index contributed by atoms with van der Waals surface area (Å²) in [5.41, 5.74) is 1.03. The van der Waals surface area contributed by atoms with Gasteiger partial charge < -0.3 is 19.9 Å². The van der Waals surface area contributed by atoms with E-state index in [-0.39, 0.29) is 18.0 Å². The minimum atomic E-state index is -0.172. The van der Waals surface area contributed by atoms with Crippen molar-refractivity contribution in [1.29, 1.82) is 0 Å². The Morgan fingerprint density at radius 2 is 1.22 bits per heavy atom. The molecule has 266 valence electrons. The third-order valence-corrected chi connectivity index (χ3v) is 9.11. The molecule has 0 aliphatic heterocycles. The van der Waals surface area contributed by atoms with Crippen LogP contribution in [0.15, 0.2) is 30.3 Å². The van der Waals surface area contributed by atoms with Gasteiger partial charge >= 0.3 is 11.9 Å². The van der Waals surface area contributed by atoms with E-state index in [1.165, 1.54) is 83.5 Å². The van der Waals surface area contributed by atoms with Crippen molar-refractivity contribution in [2.24, 2.45) is 5.92 Å². The monoisotopic (exact) mass is 646 g/mol. The number of ether oxygens (including phenoxy) is 2. The second kappa shape index (κ2) is 30.4. The van der Waals surface area contributed by atoms with Crippen molar-refractivity contribution in [1.82, 2.24) is 5.32 Å². The molecule has 6 nitrogen and oxygen atoms in total. The molecule has 3 unspecified atom stereocenters. The Morgan fingerprint density at radius 3 is 1.80 bits per heavy atom. The second-order valence-electron chi connectivity index (χ2n) is 13.6. The maximum atomic E-state index is 12.1. The number of rotatable bonds is 32. The Hall–Kier alpha value is -1.92. The highest BCUT2D eigenvalue weighted by Crippen LogP contribution is 2.17. The summed E-state index contributed by atoms with van der Waals surface area (Å²) >= 11 is 0. The lowest BCUT2D eigenvalue weighted by Crippen LogP contribution is -2.30. The molecular formula is C40H71NO5. The maximum Gasteiger partial charge on any atom is 0.306 e. The number of carbonyl (C=O) groups excluding carboxylic acids is 2. The maximum absolute atomic E-state index is 12.1. The molecule has 2 N–H and O–H groups in total. The summed E-state index contributed by atoms with van der Waals surface area (Å²) in [6.45, 7) is 8.17. The third kappa shape index (κ3) is 26.2. The number of carbonyl (C=O) groups is 2. The largest absolute Gasteiger partial charge is 0.465 e. The predicted octanol–water partition coefficient (Wildman–Crippen LogP) is 10.2. The molecule has 1 aromatic rings. The van der Waals surface area contributed by atoms with Crippen LogP contribution in [0.3, 0.4) is 0 Å². The van der Waals surface area contributed by atoms with Crippen molar-refractivity contribution >= 4 is 11.9 Å². The smallest absolute Gasteiger partial charge is 0.306 e. The number of esters is 2. The molecule has 0 saturated heterocycles. The van der Waals surface area contributed by atoms with Crippen LogP contribution >= 0.6 is 0 Å². The first-order valence-corrected chi connectivity index (χ1v) is 19.2. The summed E-state index contributed by atoms with van der Waals surface area (Å²) in [7, 11) is 0. The van der Waals surface area contributed by atoms with Gasteiger partial charge in [0.2, 0.25) is 0 Å². The van der Waals surface area contributed by atoms with Gasteiger partial charge in [0.05, 0.1) is 12.7 Å². The molecule has 0 fully saturated rings. The molecule has 0 aliphatic rings. The van der Waals surface area contributed by atoms with Crippen molar-refractivity contribution < 1.29 is 24.2 Å². The second-order valence-corrected chi connectivity index (χ2v) is 13.6. The van der Waals surface area contributed by atoms with Crippen LogP contribution in [0.25, 0.3) is 0 Å². The topological polar surface area (TPSA) is 84.9 Å². The SMILES string of the molecule is CCCCC(CC)COC(=O)CCCCCCCCC(CCCCCCCCC(C)O)NCCCCC(=O)OCc1ccccc1. The van der Waals surface area contributed by atoms with Crippen molar-refractivity contribution in [3.05, 3.63) is 35.9 Å². The quantitative estimate of drug-likeness (QED) is 0.0599. The molecule has 0 radical (unpaired) electrons. The van der Waals surface area contributed by atoms with Crippen LogP contribution in [-0.2, 0) is 25.7 Å². The molecule has 0 aromatic heterocycles. The van der Waals surface area contributed by atoms with Crippen molar-refractivity contribution in [3.63, 3.8) is 0 Å². The molecule has 0 heterocycles. The van der Waals surface area contributed by atoms with E-state index in [4.69, 9.17) is 9.47 Å². The lowest BCUT2D eigenvalue weighted by atomic mass is 9.99. The molecular weight excluding hydrogens is 574 g/mol. The molecule has 3 atom stereocenters. The van der Waals surface area contributed by atoms with Crippen LogP contribution in [0.4, 0.5) is 0 Å². The van der Waals surface area contributed by atoms with Gasteiger partial charge in [-0.1, -0.05) is 134 Å². The molecule has 6 heteroatoms. The Morgan fingerprint density at radius 1 is 0.674 bits per heavy atom. The first-order chi connectivity index (χ1) is 22.4. The lowest BCUT2D eigenvalue weighted by molar-refractivity contribution is -0.146. The fourth-order valence-corrected chi connectivity index (χ4v) is 5.95. The molecule has 0 amide bonds. The molecule has 46 heavy (non-hydrogen) atoms. The summed E-state index contributed by atoms with van der Waals surface area (Å²) in [6.07, 6.45) is 25.1. The summed E-state index contributed by atoms with van der Waals surface area (Å²) in [6, 6.07) is 10.4. The minimum Gasteiger partial charge on any atom is -0.465 e. The van der Waals surface area contributed by atoms with E-state index in [2.05, 4.69) is 19.2 Å². The number of benzene rings is 1. The summed E-state index contributed by atoms with van der Waals surface area (Å²) in [5, 5.41) is 13.2. The van der Waals surface area contributed by atoms with Crippen LogP contribution in [0.5, 0.6) is 0 Å². The van der Waals surface area contributed by atoms with Gasteiger partial charge in [-0.15, -0.1) is 0 Å². The third-order valence-electron chi connectivity index (χ3n) is 9.11. The zero-order valence-electron chi connectivity index (χ0n) is 30.1. The average molecular weight is 646 g/mol. The predicted molar refractivity (Wildman–Crippen MR) is 192 cm³/mol.